The highest BCUT2D eigenvalue weighted by Crippen LogP contribution is 2.31. The molecule has 148 valence electrons. The van der Waals surface area contributed by atoms with E-state index in [2.05, 4.69) is 9.71 Å². The molecule has 1 aromatic heterocycles. The number of aromatic nitrogens is 1. The van der Waals surface area contributed by atoms with Crippen LogP contribution in [0.25, 0.3) is 22.2 Å². The van der Waals surface area contributed by atoms with Crippen molar-refractivity contribution in [1.82, 2.24) is 4.98 Å². The standard InChI is InChI=1S/C22H20N2O4S/c1-27-17-8-6-15(7-9-17)21-14-16-4-3-5-20(22(16)23-21)24-29(25,26)19-12-10-18(28-2)11-13-19/h3-14,23-24H,1-2H3. The number of hydrogen-bond acceptors (Lipinski definition) is 4. The van der Waals surface area contributed by atoms with E-state index in [1.807, 2.05) is 42.5 Å². The van der Waals surface area contributed by atoms with Gasteiger partial charge in [0, 0.05) is 11.1 Å². The van der Waals surface area contributed by atoms with Crippen LogP contribution in [0.1, 0.15) is 0 Å². The van der Waals surface area contributed by atoms with Gasteiger partial charge < -0.3 is 14.5 Å². The van der Waals surface area contributed by atoms with Gasteiger partial charge in [0.05, 0.1) is 30.3 Å². The summed E-state index contributed by atoms with van der Waals surface area (Å²) in [6, 6.07) is 21.4. The molecule has 1 heterocycles. The summed E-state index contributed by atoms with van der Waals surface area (Å²) in [5.74, 6) is 1.37. The van der Waals surface area contributed by atoms with Crippen molar-refractivity contribution in [1.29, 1.82) is 0 Å². The lowest BCUT2D eigenvalue weighted by atomic mass is 10.1. The Morgan fingerprint density at radius 3 is 2.07 bits per heavy atom. The van der Waals surface area contributed by atoms with Crippen LogP contribution in [-0.4, -0.2) is 27.6 Å². The summed E-state index contributed by atoms with van der Waals surface area (Å²) in [5.41, 5.74) is 3.07. The minimum Gasteiger partial charge on any atom is -0.497 e. The third kappa shape index (κ3) is 3.77. The monoisotopic (exact) mass is 408 g/mol. The number of ether oxygens (including phenoxy) is 2. The molecule has 2 N–H and O–H groups in total. The van der Waals surface area contributed by atoms with Gasteiger partial charge in [-0.3, -0.25) is 4.72 Å². The molecule has 3 aromatic carbocycles. The van der Waals surface area contributed by atoms with Crippen molar-refractivity contribution >= 4 is 26.6 Å². The molecule has 0 spiro atoms. The van der Waals surface area contributed by atoms with Crippen LogP contribution in [0.3, 0.4) is 0 Å². The Hall–Kier alpha value is -3.45. The van der Waals surface area contributed by atoms with Gasteiger partial charge in [-0.15, -0.1) is 0 Å². The predicted molar refractivity (Wildman–Crippen MR) is 114 cm³/mol. The second-order valence-electron chi connectivity index (χ2n) is 6.46. The van der Waals surface area contributed by atoms with Crippen molar-refractivity contribution < 1.29 is 17.9 Å². The van der Waals surface area contributed by atoms with Gasteiger partial charge >= 0.3 is 0 Å². The molecule has 4 aromatic rings. The molecule has 0 unspecified atom stereocenters. The SMILES string of the molecule is COc1ccc(-c2cc3cccc(NS(=O)(=O)c4ccc(OC)cc4)c3[nH]2)cc1. The summed E-state index contributed by atoms with van der Waals surface area (Å²) < 4.78 is 38.6. The molecule has 0 radical (unpaired) electrons. The first-order valence-corrected chi connectivity index (χ1v) is 10.4. The Kier molecular flexibility index (Phi) is 4.90. The van der Waals surface area contributed by atoms with E-state index in [9.17, 15) is 8.42 Å². The van der Waals surface area contributed by atoms with Crippen molar-refractivity contribution in [2.24, 2.45) is 0 Å². The molecule has 0 aliphatic carbocycles. The summed E-state index contributed by atoms with van der Waals surface area (Å²) >= 11 is 0. The zero-order chi connectivity index (χ0) is 20.4. The number of H-pyrrole nitrogens is 1. The second-order valence-corrected chi connectivity index (χ2v) is 8.14. The van der Waals surface area contributed by atoms with Crippen LogP contribution in [0.5, 0.6) is 11.5 Å². The zero-order valence-electron chi connectivity index (χ0n) is 16.0. The number of hydrogen-bond donors (Lipinski definition) is 2. The molecule has 0 aliphatic rings. The third-order valence-electron chi connectivity index (χ3n) is 4.67. The molecule has 0 atom stereocenters. The van der Waals surface area contributed by atoms with E-state index in [0.717, 1.165) is 27.9 Å². The number of nitrogens with one attached hydrogen (secondary N) is 2. The molecule has 29 heavy (non-hydrogen) atoms. The fourth-order valence-electron chi connectivity index (χ4n) is 3.13. The Morgan fingerprint density at radius 2 is 1.45 bits per heavy atom. The molecular weight excluding hydrogens is 388 g/mol. The molecule has 0 aliphatic heterocycles. The summed E-state index contributed by atoms with van der Waals surface area (Å²) in [5, 5.41) is 0.908. The van der Waals surface area contributed by atoms with Crippen molar-refractivity contribution in [2.75, 3.05) is 18.9 Å². The van der Waals surface area contributed by atoms with Crippen LogP contribution in [0, 0.1) is 0 Å². The lowest BCUT2D eigenvalue weighted by Gasteiger charge is -2.10. The highest BCUT2D eigenvalue weighted by molar-refractivity contribution is 7.92. The molecular formula is C22H20N2O4S. The first-order chi connectivity index (χ1) is 14.0. The van der Waals surface area contributed by atoms with Crippen LogP contribution >= 0.6 is 0 Å². The molecule has 0 saturated carbocycles. The summed E-state index contributed by atoms with van der Waals surface area (Å²) in [4.78, 5) is 3.49. The van der Waals surface area contributed by atoms with Crippen LogP contribution in [0.15, 0.2) is 77.7 Å². The molecule has 6 nitrogen and oxygen atoms in total. The number of para-hydroxylation sites is 1. The fraction of sp³-hybridized carbons (Fsp3) is 0.0909. The Labute approximate surface area is 169 Å². The first-order valence-electron chi connectivity index (χ1n) is 8.93. The van der Waals surface area contributed by atoms with E-state index in [1.54, 1.807) is 25.3 Å². The Balaban J connectivity index is 1.69. The Morgan fingerprint density at radius 1 is 0.828 bits per heavy atom. The van der Waals surface area contributed by atoms with Gasteiger partial charge in [0.2, 0.25) is 0 Å². The molecule has 7 heteroatoms. The average molecular weight is 408 g/mol. The van der Waals surface area contributed by atoms with Gasteiger partial charge in [-0.25, -0.2) is 8.42 Å². The van der Waals surface area contributed by atoms with E-state index in [4.69, 9.17) is 9.47 Å². The fourth-order valence-corrected chi connectivity index (χ4v) is 4.20. The van der Waals surface area contributed by atoms with Crippen LogP contribution in [-0.2, 0) is 10.0 Å². The number of fused-ring (bicyclic) bond motifs is 1. The quantitative estimate of drug-likeness (QED) is 0.487. The van der Waals surface area contributed by atoms with Crippen LogP contribution in [0.4, 0.5) is 5.69 Å². The normalized spacial score (nSPS) is 11.4. The number of aromatic amines is 1. The highest BCUT2D eigenvalue weighted by atomic mass is 32.2. The van der Waals surface area contributed by atoms with E-state index >= 15 is 0 Å². The number of rotatable bonds is 6. The van der Waals surface area contributed by atoms with Crippen LogP contribution in [0.2, 0.25) is 0 Å². The number of anilines is 1. The largest absolute Gasteiger partial charge is 0.497 e. The van der Waals surface area contributed by atoms with Gasteiger partial charge in [-0.05, 0) is 66.2 Å². The maximum absolute atomic E-state index is 12.8. The smallest absolute Gasteiger partial charge is 0.261 e. The first kappa shape index (κ1) is 18.9. The lowest BCUT2D eigenvalue weighted by molar-refractivity contribution is 0.414. The predicted octanol–water partition coefficient (Wildman–Crippen LogP) is 4.65. The van der Waals surface area contributed by atoms with Gasteiger partial charge in [0.25, 0.3) is 10.0 Å². The minimum atomic E-state index is -3.74. The van der Waals surface area contributed by atoms with Gasteiger partial charge in [0.15, 0.2) is 0 Å². The van der Waals surface area contributed by atoms with Crippen LogP contribution < -0.4 is 14.2 Å². The van der Waals surface area contributed by atoms with Gasteiger partial charge in [0.1, 0.15) is 11.5 Å². The molecule has 0 fully saturated rings. The molecule has 4 rings (SSSR count). The maximum Gasteiger partial charge on any atom is 0.261 e. The summed E-state index contributed by atoms with van der Waals surface area (Å²) in [7, 11) is -0.576. The third-order valence-corrected chi connectivity index (χ3v) is 6.05. The van der Waals surface area contributed by atoms with Gasteiger partial charge in [-0.2, -0.15) is 0 Å². The summed E-state index contributed by atoms with van der Waals surface area (Å²) in [6.45, 7) is 0. The Bertz CT molecular complexity index is 1240. The number of benzene rings is 3. The molecule has 0 saturated heterocycles. The van der Waals surface area contributed by atoms with Crippen molar-refractivity contribution in [3.05, 3.63) is 72.8 Å². The topological polar surface area (TPSA) is 80.4 Å². The van der Waals surface area contributed by atoms with E-state index < -0.39 is 10.0 Å². The van der Waals surface area contributed by atoms with Crippen molar-refractivity contribution in [2.45, 2.75) is 4.90 Å². The maximum atomic E-state index is 12.8. The van der Waals surface area contributed by atoms with Crippen molar-refractivity contribution in [3.63, 3.8) is 0 Å². The van der Waals surface area contributed by atoms with E-state index in [0.29, 0.717) is 11.4 Å². The molecule has 0 amide bonds. The zero-order valence-corrected chi connectivity index (χ0v) is 16.8. The molecule has 0 bridgehead atoms. The minimum absolute atomic E-state index is 0.164. The second kappa shape index (κ2) is 7.52. The van der Waals surface area contributed by atoms with E-state index in [-0.39, 0.29) is 4.90 Å². The number of methoxy groups -OCH3 is 2. The van der Waals surface area contributed by atoms with E-state index in [1.165, 1.54) is 19.2 Å². The van der Waals surface area contributed by atoms with Gasteiger partial charge in [-0.1, -0.05) is 12.1 Å². The number of sulfonamides is 1. The highest BCUT2D eigenvalue weighted by Gasteiger charge is 2.17. The summed E-state index contributed by atoms with van der Waals surface area (Å²) in [6.07, 6.45) is 0. The van der Waals surface area contributed by atoms with Crippen molar-refractivity contribution in [3.8, 4) is 22.8 Å². The lowest BCUT2D eigenvalue weighted by Crippen LogP contribution is -2.13. The average Bonchev–Trinajstić information content (AvgIpc) is 3.19.